The average Bonchev–Trinajstić information content (AvgIpc) is 2.68. The van der Waals surface area contributed by atoms with E-state index in [2.05, 4.69) is 19.2 Å². The van der Waals surface area contributed by atoms with Crippen LogP contribution in [0, 0.1) is 11.8 Å². The summed E-state index contributed by atoms with van der Waals surface area (Å²) >= 11 is 0. The Kier molecular flexibility index (Phi) is 8.96. The number of piperidine rings is 1. The predicted molar refractivity (Wildman–Crippen MR) is 119 cm³/mol. The molecule has 168 valence electrons. The van der Waals surface area contributed by atoms with Crippen LogP contribution < -0.4 is 14.8 Å². The molecule has 1 aromatic carbocycles. The topological polar surface area (TPSA) is 71.1 Å². The van der Waals surface area contributed by atoms with Crippen LogP contribution in [0.15, 0.2) is 18.2 Å². The molecule has 1 fully saturated rings. The molecule has 7 heteroatoms. The fourth-order valence-corrected chi connectivity index (χ4v) is 3.99. The summed E-state index contributed by atoms with van der Waals surface area (Å²) in [5.74, 6) is 2.18. The highest BCUT2D eigenvalue weighted by atomic mass is 16.5. The fraction of sp³-hybridized carbons (Fsp3) is 0.652. The summed E-state index contributed by atoms with van der Waals surface area (Å²) in [5.41, 5.74) is 0.637. The maximum absolute atomic E-state index is 12.9. The molecule has 0 aromatic heterocycles. The van der Waals surface area contributed by atoms with E-state index >= 15 is 0 Å². The Morgan fingerprint density at radius 2 is 1.73 bits per heavy atom. The number of carbonyl (C=O) groups is 2. The van der Waals surface area contributed by atoms with Gasteiger partial charge in [0.2, 0.25) is 11.8 Å². The van der Waals surface area contributed by atoms with Gasteiger partial charge in [0.1, 0.15) is 0 Å². The van der Waals surface area contributed by atoms with E-state index in [1.165, 1.54) is 0 Å². The van der Waals surface area contributed by atoms with Gasteiger partial charge in [-0.15, -0.1) is 0 Å². The van der Waals surface area contributed by atoms with Crippen molar-refractivity contribution in [3.8, 4) is 11.5 Å². The molecule has 1 aromatic rings. The predicted octanol–water partition coefficient (Wildman–Crippen LogP) is 3.25. The van der Waals surface area contributed by atoms with Crippen LogP contribution in [0.5, 0.6) is 11.5 Å². The summed E-state index contributed by atoms with van der Waals surface area (Å²) in [6, 6.07) is 4.99. The van der Waals surface area contributed by atoms with Gasteiger partial charge in [0.25, 0.3) is 0 Å². The molecule has 2 rings (SSSR count). The van der Waals surface area contributed by atoms with E-state index in [1.807, 2.05) is 32.7 Å². The largest absolute Gasteiger partial charge is 0.490 e. The van der Waals surface area contributed by atoms with Crippen LogP contribution in [0.4, 0.5) is 5.69 Å². The highest BCUT2D eigenvalue weighted by Gasteiger charge is 2.30. The van der Waals surface area contributed by atoms with Gasteiger partial charge in [-0.3, -0.25) is 14.5 Å². The van der Waals surface area contributed by atoms with E-state index < -0.39 is 0 Å². The summed E-state index contributed by atoms with van der Waals surface area (Å²) in [7, 11) is 1.81. The standard InChI is InChI=1S/C23H37N3O4/c1-7-29-20-10-9-19(12-21(20)30-8-2)24-22(27)15-25(6)18(5)23(28)26-13-16(3)11-17(4)14-26/h9-10,12,16-18H,7-8,11,13-15H2,1-6H3,(H,24,27)/t16-,17+,18-/m0/s1. The van der Waals surface area contributed by atoms with Crippen molar-refractivity contribution >= 4 is 17.5 Å². The summed E-state index contributed by atoms with van der Waals surface area (Å²) in [6.45, 7) is 12.8. The average molecular weight is 420 g/mol. The molecule has 30 heavy (non-hydrogen) atoms. The Hall–Kier alpha value is -2.28. The first-order valence-electron chi connectivity index (χ1n) is 10.9. The van der Waals surface area contributed by atoms with Crippen molar-refractivity contribution in [3.05, 3.63) is 18.2 Å². The smallest absolute Gasteiger partial charge is 0.239 e. The molecule has 0 saturated carbocycles. The number of hydrogen-bond acceptors (Lipinski definition) is 5. The van der Waals surface area contributed by atoms with Crippen molar-refractivity contribution in [1.29, 1.82) is 0 Å². The minimum atomic E-state index is -0.354. The van der Waals surface area contributed by atoms with Crippen LogP contribution in [0.25, 0.3) is 0 Å². The highest BCUT2D eigenvalue weighted by Crippen LogP contribution is 2.30. The van der Waals surface area contributed by atoms with Crippen LogP contribution in [-0.4, -0.2) is 67.6 Å². The second kappa shape index (κ2) is 11.2. The SMILES string of the molecule is CCOc1ccc(NC(=O)CN(C)[C@@H](C)C(=O)N2C[C@H](C)C[C@H](C)C2)cc1OCC. The normalized spacial score (nSPS) is 20.0. The van der Waals surface area contributed by atoms with E-state index in [0.717, 1.165) is 19.5 Å². The molecule has 0 unspecified atom stereocenters. The number of rotatable bonds is 9. The van der Waals surface area contributed by atoms with Gasteiger partial charge in [-0.1, -0.05) is 13.8 Å². The Bertz CT molecular complexity index is 714. The minimum Gasteiger partial charge on any atom is -0.490 e. The molecule has 3 atom stereocenters. The van der Waals surface area contributed by atoms with Gasteiger partial charge in [0.15, 0.2) is 11.5 Å². The molecule has 0 radical (unpaired) electrons. The number of nitrogens with one attached hydrogen (secondary N) is 1. The van der Waals surface area contributed by atoms with Gasteiger partial charge in [0, 0.05) is 24.8 Å². The fourth-order valence-electron chi connectivity index (χ4n) is 3.99. The first-order valence-corrected chi connectivity index (χ1v) is 10.9. The summed E-state index contributed by atoms with van der Waals surface area (Å²) in [5, 5.41) is 2.89. The Labute approximate surface area is 180 Å². The van der Waals surface area contributed by atoms with Crippen LogP contribution in [-0.2, 0) is 9.59 Å². The highest BCUT2D eigenvalue weighted by molar-refractivity contribution is 5.93. The van der Waals surface area contributed by atoms with E-state index in [-0.39, 0.29) is 24.4 Å². The number of amides is 2. The molecule has 0 bridgehead atoms. The molecule has 1 aliphatic heterocycles. The third kappa shape index (κ3) is 6.62. The van der Waals surface area contributed by atoms with Crippen molar-refractivity contribution in [2.75, 3.05) is 45.2 Å². The number of likely N-dealkylation sites (N-methyl/N-ethyl adjacent to an activating group) is 1. The lowest BCUT2D eigenvalue weighted by Gasteiger charge is -2.38. The second-order valence-corrected chi connectivity index (χ2v) is 8.36. The summed E-state index contributed by atoms with van der Waals surface area (Å²) < 4.78 is 11.2. The van der Waals surface area contributed by atoms with E-state index in [1.54, 1.807) is 23.1 Å². The minimum absolute atomic E-state index is 0.0865. The maximum Gasteiger partial charge on any atom is 0.239 e. The lowest BCUT2D eigenvalue weighted by atomic mass is 9.91. The van der Waals surface area contributed by atoms with Gasteiger partial charge in [-0.2, -0.15) is 0 Å². The number of hydrogen-bond donors (Lipinski definition) is 1. The summed E-state index contributed by atoms with van der Waals surface area (Å²) in [4.78, 5) is 29.2. The number of anilines is 1. The van der Waals surface area contributed by atoms with Gasteiger partial charge in [0.05, 0.1) is 25.8 Å². The van der Waals surface area contributed by atoms with Crippen molar-refractivity contribution in [2.45, 2.75) is 47.1 Å². The number of ether oxygens (including phenoxy) is 2. The van der Waals surface area contributed by atoms with Crippen molar-refractivity contribution in [1.82, 2.24) is 9.80 Å². The summed E-state index contributed by atoms with van der Waals surface area (Å²) in [6.07, 6.45) is 1.15. The molecule has 0 aliphatic carbocycles. The first-order chi connectivity index (χ1) is 14.2. The monoisotopic (exact) mass is 419 g/mol. The lowest BCUT2D eigenvalue weighted by Crippen LogP contribution is -2.51. The Morgan fingerprint density at radius 3 is 2.33 bits per heavy atom. The van der Waals surface area contributed by atoms with Crippen LogP contribution in [0.1, 0.15) is 41.0 Å². The molecule has 1 aliphatic rings. The molecular formula is C23H37N3O4. The lowest BCUT2D eigenvalue weighted by molar-refractivity contribution is -0.139. The van der Waals surface area contributed by atoms with E-state index in [0.29, 0.717) is 42.2 Å². The molecule has 1 heterocycles. The van der Waals surface area contributed by atoms with Gasteiger partial charge in [-0.05, 0) is 58.2 Å². The van der Waals surface area contributed by atoms with Gasteiger partial charge < -0.3 is 19.7 Å². The molecule has 0 spiro atoms. The first kappa shape index (κ1) is 24.0. The number of likely N-dealkylation sites (tertiary alicyclic amines) is 1. The molecular weight excluding hydrogens is 382 g/mol. The van der Waals surface area contributed by atoms with E-state index in [4.69, 9.17) is 9.47 Å². The van der Waals surface area contributed by atoms with Gasteiger partial charge >= 0.3 is 0 Å². The number of carbonyl (C=O) groups excluding carboxylic acids is 2. The van der Waals surface area contributed by atoms with Crippen molar-refractivity contribution < 1.29 is 19.1 Å². The third-order valence-corrected chi connectivity index (χ3v) is 5.42. The van der Waals surface area contributed by atoms with Crippen LogP contribution in [0.2, 0.25) is 0 Å². The zero-order valence-electron chi connectivity index (χ0n) is 19.2. The molecule has 1 N–H and O–H groups in total. The zero-order chi connectivity index (χ0) is 22.3. The quantitative estimate of drug-likeness (QED) is 0.665. The van der Waals surface area contributed by atoms with Crippen molar-refractivity contribution in [2.24, 2.45) is 11.8 Å². The Morgan fingerprint density at radius 1 is 1.13 bits per heavy atom. The number of nitrogens with zero attached hydrogens (tertiary/aromatic N) is 2. The maximum atomic E-state index is 12.9. The molecule has 1 saturated heterocycles. The van der Waals surface area contributed by atoms with Crippen LogP contribution in [0.3, 0.4) is 0 Å². The molecule has 2 amide bonds. The number of benzene rings is 1. The third-order valence-electron chi connectivity index (χ3n) is 5.42. The molecule has 7 nitrogen and oxygen atoms in total. The van der Waals surface area contributed by atoms with Crippen LogP contribution >= 0.6 is 0 Å². The van der Waals surface area contributed by atoms with E-state index in [9.17, 15) is 9.59 Å². The Balaban J connectivity index is 1.95. The zero-order valence-corrected chi connectivity index (χ0v) is 19.2. The van der Waals surface area contributed by atoms with Crippen molar-refractivity contribution in [3.63, 3.8) is 0 Å². The van der Waals surface area contributed by atoms with Gasteiger partial charge in [-0.25, -0.2) is 0 Å². The second-order valence-electron chi connectivity index (χ2n) is 8.36.